The van der Waals surface area contributed by atoms with Crippen LogP contribution >= 0.6 is 11.8 Å². The van der Waals surface area contributed by atoms with Gasteiger partial charge in [-0.3, -0.25) is 0 Å². The summed E-state index contributed by atoms with van der Waals surface area (Å²) < 4.78 is 0. The van der Waals surface area contributed by atoms with E-state index in [1.165, 1.54) is 56.9 Å². The van der Waals surface area contributed by atoms with Crippen molar-refractivity contribution in [3.8, 4) is 0 Å². The van der Waals surface area contributed by atoms with Gasteiger partial charge in [0.05, 0.1) is 0 Å². The molecule has 2 saturated heterocycles. The molecule has 0 aromatic rings. The van der Waals surface area contributed by atoms with Gasteiger partial charge in [-0.1, -0.05) is 13.8 Å². The summed E-state index contributed by atoms with van der Waals surface area (Å²) in [4.78, 5) is 2.73. The number of rotatable bonds is 5. The lowest BCUT2D eigenvalue weighted by Crippen LogP contribution is -2.42. The van der Waals surface area contributed by atoms with Crippen molar-refractivity contribution in [1.82, 2.24) is 10.2 Å². The van der Waals surface area contributed by atoms with Crippen LogP contribution in [0.2, 0.25) is 0 Å². The molecule has 2 atom stereocenters. The summed E-state index contributed by atoms with van der Waals surface area (Å²) >= 11 is 2.15. The van der Waals surface area contributed by atoms with E-state index in [1.807, 2.05) is 0 Å². The summed E-state index contributed by atoms with van der Waals surface area (Å²) in [7, 11) is 0. The smallest absolute Gasteiger partial charge is 0.00219 e. The van der Waals surface area contributed by atoms with Crippen LogP contribution in [0.15, 0.2) is 0 Å². The van der Waals surface area contributed by atoms with Crippen molar-refractivity contribution in [2.75, 3.05) is 37.7 Å². The number of piperidine rings is 1. The number of hydrogen-bond donors (Lipinski definition) is 1. The lowest BCUT2D eigenvalue weighted by molar-refractivity contribution is 0.153. The minimum atomic E-state index is 0.636. The summed E-state index contributed by atoms with van der Waals surface area (Å²) in [5.74, 6) is 4.68. The van der Waals surface area contributed by atoms with Gasteiger partial charge in [-0.2, -0.15) is 11.8 Å². The van der Waals surface area contributed by atoms with Crippen LogP contribution in [0.25, 0.3) is 0 Å². The maximum atomic E-state index is 3.60. The van der Waals surface area contributed by atoms with E-state index in [0.717, 1.165) is 11.8 Å². The topological polar surface area (TPSA) is 15.3 Å². The zero-order valence-corrected chi connectivity index (χ0v) is 12.3. The molecule has 2 unspecified atom stereocenters. The zero-order valence-electron chi connectivity index (χ0n) is 11.5. The number of likely N-dealkylation sites (tertiary alicyclic amines) is 1. The van der Waals surface area contributed by atoms with Gasteiger partial charge in [0.25, 0.3) is 0 Å². The Hall–Kier alpha value is 0.270. The molecule has 2 aliphatic rings. The van der Waals surface area contributed by atoms with Crippen molar-refractivity contribution in [2.45, 2.75) is 39.2 Å². The molecular formula is C14H28N2S. The van der Waals surface area contributed by atoms with Gasteiger partial charge < -0.3 is 10.2 Å². The van der Waals surface area contributed by atoms with Crippen LogP contribution in [-0.2, 0) is 0 Å². The Bertz CT molecular complexity index is 214. The van der Waals surface area contributed by atoms with Gasteiger partial charge in [0.1, 0.15) is 0 Å². The quantitative estimate of drug-likeness (QED) is 0.813. The van der Waals surface area contributed by atoms with Gasteiger partial charge in [-0.15, -0.1) is 0 Å². The van der Waals surface area contributed by atoms with Crippen molar-refractivity contribution in [2.24, 2.45) is 11.8 Å². The Morgan fingerprint density at radius 3 is 2.88 bits per heavy atom. The molecule has 0 amide bonds. The maximum absolute atomic E-state index is 3.60. The highest BCUT2D eigenvalue weighted by molar-refractivity contribution is 7.99. The standard InChI is InChI=1S/C14H28N2S/c1-12(2)15-8-13-4-3-6-16(9-13)10-14-5-7-17-11-14/h12-15H,3-11H2,1-2H3. The van der Waals surface area contributed by atoms with Gasteiger partial charge in [-0.25, -0.2) is 0 Å². The SMILES string of the molecule is CC(C)NCC1CCCN(CC2CCSC2)C1. The second kappa shape index (κ2) is 7.01. The fourth-order valence-electron chi connectivity index (χ4n) is 2.98. The highest BCUT2D eigenvalue weighted by atomic mass is 32.2. The van der Waals surface area contributed by atoms with Crippen LogP contribution in [0.1, 0.15) is 33.1 Å². The summed E-state index contributed by atoms with van der Waals surface area (Å²) in [5, 5.41) is 3.60. The fraction of sp³-hybridized carbons (Fsp3) is 1.00. The van der Waals surface area contributed by atoms with Gasteiger partial charge in [0, 0.05) is 19.1 Å². The van der Waals surface area contributed by atoms with Crippen molar-refractivity contribution in [3.05, 3.63) is 0 Å². The molecule has 0 aliphatic carbocycles. The van der Waals surface area contributed by atoms with E-state index in [2.05, 4.69) is 35.8 Å². The molecule has 0 aromatic carbocycles. The highest BCUT2D eigenvalue weighted by Gasteiger charge is 2.24. The van der Waals surface area contributed by atoms with Crippen LogP contribution in [0.5, 0.6) is 0 Å². The third-order valence-electron chi connectivity index (χ3n) is 3.96. The molecule has 3 heteroatoms. The lowest BCUT2D eigenvalue weighted by atomic mass is 9.96. The van der Waals surface area contributed by atoms with Crippen molar-refractivity contribution in [3.63, 3.8) is 0 Å². The first-order chi connectivity index (χ1) is 8.24. The largest absolute Gasteiger partial charge is 0.314 e. The number of nitrogens with zero attached hydrogens (tertiary/aromatic N) is 1. The molecule has 100 valence electrons. The van der Waals surface area contributed by atoms with E-state index >= 15 is 0 Å². The van der Waals surface area contributed by atoms with Crippen LogP contribution in [0.4, 0.5) is 0 Å². The number of thioether (sulfide) groups is 1. The third kappa shape index (κ3) is 4.80. The molecular weight excluding hydrogens is 228 g/mol. The zero-order chi connectivity index (χ0) is 12.1. The average Bonchev–Trinajstić information content (AvgIpc) is 2.80. The van der Waals surface area contributed by atoms with E-state index in [1.54, 1.807) is 0 Å². The van der Waals surface area contributed by atoms with Gasteiger partial charge in [-0.05, 0) is 55.7 Å². The molecule has 0 spiro atoms. The van der Waals surface area contributed by atoms with Gasteiger partial charge >= 0.3 is 0 Å². The second-order valence-corrected chi connectivity index (χ2v) is 7.21. The molecule has 2 nitrogen and oxygen atoms in total. The van der Waals surface area contributed by atoms with E-state index < -0.39 is 0 Å². The molecule has 0 radical (unpaired) electrons. The Morgan fingerprint density at radius 1 is 1.29 bits per heavy atom. The Kier molecular flexibility index (Phi) is 5.64. The normalized spacial score (nSPS) is 31.2. The maximum Gasteiger partial charge on any atom is 0.00219 e. The first-order valence-electron chi connectivity index (χ1n) is 7.27. The van der Waals surface area contributed by atoms with Crippen molar-refractivity contribution in [1.29, 1.82) is 0 Å². The first kappa shape index (κ1) is 13.7. The average molecular weight is 256 g/mol. The van der Waals surface area contributed by atoms with E-state index in [9.17, 15) is 0 Å². The molecule has 2 aliphatic heterocycles. The number of hydrogen-bond acceptors (Lipinski definition) is 3. The monoisotopic (exact) mass is 256 g/mol. The number of nitrogens with one attached hydrogen (secondary N) is 1. The summed E-state index contributed by atoms with van der Waals surface area (Å²) in [6.07, 6.45) is 4.29. The van der Waals surface area contributed by atoms with E-state index in [4.69, 9.17) is 0 Å². The lowest BCUT2D eigenvalue weighted by Gasteiger charge is -2.34. The molecule has 0 saturated carbocycles. The molecule has 1 N–H and O–H groups in total. The molecule has 2 heterocycles. The predicted molar refractivity (Wildman–Crippen MR) is 77.7 cm³/mol. The molecule has 0 bridgehead atoms. The highest BCUT2D eigenvalue weighted by Crippen LogP contribution is 2.26. The predicted octanol–water partition coefficient (Wildman–Crippen LogP) is 2.45. The van der Waals surface area contributed by atoms with Crippen LogP contribution < -0.4 is 5.32 Å². The van der Waals surface area contributed by atoms with Crippen LogP contribution in [0.3, 0.4) is 0 Å². The van der Waals surface area contributed by atoms with Crippen LogP contribution in [-0.4, -0.2) is 48.6 Å². The second-order valence-electron chi connectivity index (χ2n) is 6.06. The Balaban J connectivity index is 1.68. The van der Waals surface area contributed by atoms with Crippen molar-refractivity contribution < 1.29 is 0 Å². The van der Waals surface area contributed by atoms with E-state index in [-0.39, 0.29) is 0 Å². The third-order valence-corrected chi connectivity index (χ3v) is 5.19. The molecule has 2 fully saturated rings. The first-order valence-corrected chi connectivity index (χ1v) is 8.43. The van der Waals surface area contributed by atoms with Gasteiger partial charge in [0.2, 0.25) is 0 Å². The molecule has 0 aromatic heterocycles. The minimum absolute atomic E-state index is 0.636. The Morgan fingerprint density at radius 2 is 2.18 bits per heavy atom. The molecule has 2 rings (SSSR count). The fourth-order valence-corrected chi connectivity index (χ4v) is 4.25. The minimum Gasteiger partial charge on any atom is -0.314 e. The molecule has 17 heavy (non-hydrogen) atoms. The Labute approximate surface area is 111 Å². The van der Waals surface area contributed by atoms with Gasteiger partial charge in [0.15, 0.2) is 0 Å². The summed E-state index contributed by atoms with van der Waals surface area (Å²) in [6, 6.07) is 0.636. The summed E-state index contributed by atoms with van der Waals surface area (Å²) in [5.41, 5.74) is 0. The summed E-state index contributed by atoms with van der Waals surface area (Å²) in [6.45, 7) is 9.76. The van der Waals surface area contributed by atoms with Crippen molar-refractivity contribution >= 4 is 11.8 Å². The van der Waals surface area contributed by atoms with Crippen LogP contribution in [0, 0.1) is 11.8 Å². The van der Waals surface area contributed by atoms with E-state index in [0.29, 0.717) is 6.04 Å².